The van der Waals surface area contributed by atoms with Crippen molar-refractivity contribution in [3.8, 4) is 6.07 Å². The first kappa shape index (κ1) is 12.9. The minimum absolute atomic E-state index is 0.617. The SMILES string of the molecule is N#Cc1c(Br)cccc1NCc1ccc(Cl)cc1. The fraction of sp³-hybridized carbons (Fsp3) is 0.0714. The van der Waals surface area contributed by atoms with Crippen LogP contribution >= 0.6 is 27.5 Å². The molecular formula is C14H10BrClN2. The number of nitrogens with one attached hydrogen (secondary N) is 1. The monoisotopic (exact) mass is 320 g/mol. The summed E-state index contributed by atoms with van der Waals surface area (Å²) in [6.07, 6.45) is 0. The highest BCUT2D eigenvalue weighted by atomic mass is 79.9. The van der Waals surface area contributed by atoms with Crippen LogP contribution in [0.25, 0.3) is 0 Å². The minimum Gasteiger partial charge on any atom is -0.380 e. The summed E-state index contributed by atoms with van der Waals surface area (Å²) in [6, 6.07) is 15.4. The van der Waals surface area contributed by atoms with E-state index in [0.29, 0.717) is 12.1 Å². The van der Waals surface area contributed by atoms with Gasteiger partial charge in [0.2, 0.25) is 0 Å². The first-order valence-corrected chi connectivity index (χ1v) is 6.55. The quantitative estimate of drug-likeness (QED) is 0.897. The van der Waals surface area contributed by atoms with Gasteiger partial charge in [0.25, 0.3) is 0 Å². The lowest BCUT2D eigenvalue weighted by Gasteiger charge is -2.09. The molecule has 0 atom stereocenters. The second kappa shape index (κ2) is 5.90. The third-order valence-corrected chi connectivity index (χ3v) is 3.43. The van der Waals surface area contributed by atoms with Crippen LogP contribution in [-0.4, -0.2) is 0 Å². The van der Waals surface area contributed by atoms with Gasteiger partial charge >= 0.3 is 0 Å². The van der Waals surface area contributed by atoms with Crippen molar-refractivity contribution in [2.24, 2.45) is 0 Å². The zero-order valence-corrected chi connectivity index (χ0v) is 11.8. The lowest BCUT2D eigenvalue weighted by atomic mass is 10.1. The molecule has 1 N–H and O–H groups in total. The number of hydrogen-bond acceptors (Lipinski definition) is 2. The molecule has 0 aliphatic rings. The van der Waals surface area contributed by atoms with Crippen molar-refractivity contribution in [3.63, 3.8) is 0 Å². The molecule has 2 nitrogen and oxygen atoms in total. The van der Waals surface area contributed by atoms with Crippen LogP contribution in [0.4, 0.5) is 5.69 Å². The van der Waals surface area contributed by atoms with Gasteiger partial charge in [-0.1, -0.05) is 29.8 Å². The fourth-order valence-electron chi connectivity index (χ4n) is 1.58. The molecular weight excluding hydrogens is 312 g/mol. The molecule has 0 aliphatic heterocycles. The number of nitriles is 1. The molecule has 0 spiro atoms. The average Bonchev–Trinajstić information content (AvgIpc) is 2.38. The summed E-state index contributed by atoms with van der Waals surface area (Å²) in [7, 11) is 0. The van der Waals surface area contributed by atoms with Crippen molar-refractivity contribution in [2.45, 2.75) is 6.54 Å². The molecule has 0 bridgehead atoms. The van der Waals surface area contributed by atoms with E-state index < -0.39 is 0 Å². The number of hydrogen-bond donors (Lipinski definition) is 1. The van der Waals surface area contributed by atoms with Crippen molar-refractivity contribution in [1.82, 2.24) is 0 Å². The highest BCUT2D eigenvalue weighted by Gasteiger charge is 2.05. The normalized spacial score (nSPS) is 9.83. The van der Waals surface area contributed by atoms with Gasteiger partial charge < -0.3 is 5.32 Å². The van der Waals surface area contributed by atoms with Gasteiger partial charge in [-0.2, -0.15) is 5.26 Å². The topological polar surface area (TPSA) is 35.8 Å². The van der Waals surface area contributed by atoms with Gasteiger partial charge in [0.05, 0.1) is 11.3 Å². The van der Waals surface area contributed by atoms with Gasteiger partial charge in [-0.15, -0.1) is 0 Å². The number of rotatable bonds is 3. The largest absolute Gasteiger partial charge is 0.380 e. The summed E-state index contributed by atoms with van der Waals surface area (Å²) < 4.78 is 0.797. The average molecular weight is 322 g/mol. The molecule has 0 amide bonds. The standard InChI is InChI=1S/C14H10BrClN2/c15-13-2-1-3-14(12(13)8-17)18-9-10-4-6-11(16)7-5-10/h1-7,18H,9H2. The van der Waals surface area contributed by atoms with E-state index in [-0.39, 0.29) is 0 Å². The molecule has 2 rings (SSSR count). The first-order chi connectivity index (χ1) is 8.70. The Morgan fingerprint density at radius 3 is 2.56 bits per heavy atom. The lowest BCUT2D eigenvalue weighted by Crippen LogP contribution is -2.01. The summed E-state index contributed by atoms with van der Waals surface area (Å²) in [5.41, 5.74) is 2.55. The molecule has 0 aliphatic carbocycles. The Morgan fingerprint density at radius 1 is 1.17 bits per heavy atom. The summed E-state index contributed by atoms with van der Waals surface area (Å²) in [5.74, 6) is 0. The maximum absolute atomic E-state index is 9.10. The Bertz CT molecular complexity index is 588. The second-order valence-electron chi connectivity index (χ2n) is 3.75. The molecule has 0 saturated heterocycles. The lowest BCUT2D eigenvalue weighted by molar-refractivity contribution is 1.14. The van der Waals surface area contributed by atoms with Crippen molar-refractivity contribution in [2.75, 3.05) is 5.32 Å². The van der Waals surface area contributed by atoms with E-state index >= 15 is 0 Å². The summed E-state index contributed by atoms with van der Waals surface area (Å²) >= 11 is 9.19. The zero-order chi connectivity index (χ0) is 13.0. The van der Waals surface area contributed by atoms with Gasteiger partial charge in [0.15, 0.2) is 0 Å². The van der Waals surface area contributed by atoms with Gasteiger partial charge in [-0.3, -0.25) is 0 Å². The van der Waals surface area contributed by atoms with Crippen LogP contribution in [0, 0.1) is 11.3 Å². The van der Waals surface area contributed by atoms with Gasteiger partial charge in [0.1, 0.15) is 6.07 Å². The third-order valence-electron chi connectivity index (χ3n) is 2.52. The highest BCUT2D eigenvalue weighted by Crippen LogP contribution is 2.24. The zero-order valence-electron chi connectivity index (χ0n) is 9.45. The van der Waals surface area contributed by atoms with E-state index in [1.807, 2.05) is 42.5 Å². The maximum Gasteiger partial charge on any atom is 0.103 e. The molecule has 0 saturated carbocycles. The van der Waals surface area contributed by atoms with Crippen molar-refractivity contribution in [3.05, 3.63) is 63.1 Å². The van der Waals surface area contributed by atoms with Crippen molar-refractivity contribution < 1.29 is 0 Å². The molecule has 90 valence electrons. The Hall–Kier alpha value is -1.50. The summed E-state index contributed by atoms with van der Waals surface area (Å²) in [5, 5.41) is 13.1. The van der Waals surface area contributed by atoms with Crippen molar-refractivity contribution in [1.29, 1.82) is 5.26 Å². The minimum atomic E-state index is 0.617. The predicted octanol–water partition coefficient (Wildman–Crippen LogP) is 4.59. The maximum atomic E-state index is 9.10. The number of halogens is 2. The number of nitrogens with zero attached hydrogens (tertiary/aromatic N) is 1. The van der Waals surface area contributed by atoms with Gasteiger partial charge in [0, 0.05) is 16.0 Å². The van der Waals surface area contributed by atoms with Crippen LogP contribution < -0.4 is 5.32 Å². The number of anilines is 1. The Kier molecular flexibility index (Phi) is 4.24. The third kappa shape index (κ3) is 3.04. The molecule has 0 radical (unpaired) electrons. The molecule has 18 heavy (non-hydrogen) atoms. The predicted molar refractivity (Wildman–Crippen MR) is 77.6 cm³/mol. The molecule has 0 unspecified atom stereocenters. The second-order valence-corrected chi connectivity index (χ2v) is 5.04. The van der Waals surface area contributed by atoms with Crippen LogP contribution in [0.1, 0.15) is 11.1 Å². The molecule has 4 heteroatoms. The van der Waals surface area contributed by atoms with E-state index in [0.717, 1.165) is 20.7 Å². The van der Waals surface area contributed by atoms with E-state index in [9.17, 15) is 0 Å². The van der Waals surface area contributed by atoms with E-state index in [4.69, 9.17) is 16.9 Å². The van der Waals surface area contributed by atoms with Gasteiger partial charge in [-0.05, 0) is 45.8 Å². The molecule has 0 heterocycles. The molecule has 0 fully saturated rings. The Balaban J connectivity index is 2.14. The highest BCUT2D eigenvalue weighted by molar-refractivity contribution is 9.10. The molecule has 0 aromatic heterocycles. The number of benzene rings is 2. The molecule has 2 aromatic carbocycles. The smallest absolute Gasteiger partial charge is 0.103 e. The summed E-state index contributed by atoms with van der Waals surface area (Å²) in [4.78, 5) is 0. The van der Waals surface area contributed by atoms with Crippen LogP contribution in [-0.2, 0) is 6.54 Å². The van der Waals surface area contributed by atoms with Crippen LogP contribution in [0.2, 0.25) is 5.02 Å². The summed E-state index contributed by atoms with van der Waals surface area (Å²) in [6.45, 7) is 0.655. The van der Waals surface area contributed by atoms with Crippen LogP contribution in [0.15, 0.2) is 46.9 Å². The van der Waals surface area contributed by atoms with E-state index in [1.54, 1.807) is 0 Å². The fourth-order valence-corrected chi connectivity index (χ4v) is 2.17. The molecule has 2 aromatic rings. The first-order valence-electron chi connectivity index (χ1n) is 5.37. The Labute approximate surface area is 119 Å². The van der Waals surface area contributed by atoms with Gasteiger partial charge in [-0.25, -0.2) is 0 Å². The van der Waals surface area contributed by atoms with Crippen molar-refractivity contribution >= 4 is 33.2 Å². The van der Waals surface area contributed by atoms with Crippen LogP contribution in [0.5, 0.6) is 0 Å². The van der Waals surface area contributed by atoms with E-state index in [2.05, 4.69) is 27.3 Å². The van der Waals surface area contributed by atoms with Crippen LogP contribution in [0.3, 0.4) is 0 Å². The van der Waals surface area contributed by atoms with E-state index in [1.165, 1.54) is 0 Å². The Morgan fingerprint density at radius 2 is 1.89 bits per heavy atom.